The second-order valence-electron chi connectivity index (χ2n) is 5.71. The summed E-state index contributed by atoms with van der Waals surface area (Å²) in [4.78, 5) is 0. The van der Waals surface area contributed by atoms with E-state index in [0.29, 0.717) is 0 Å². The minimum Gasteiger partial charge on any atom is -0.386 e. The molecule has 0 bridgehead atoms. The van der Waals surface area contributed by atoms with Crippen LogP contribution in [0.15, 0.2) is 0 Å². The van der Waals surface area contributed by atoms with Crippen LogP contribution in [0.1, 0.15) is 33.6 Å². The molecule has 1 unspecified atom stereocenters. The van der Waals surface area contributed by atoms with Crippen LogP contribution in [0, 0.1) is 16.7 Å². The van der Waals surface area contributed by atoms with Gasteiger partial charge in [-0.15, -0.1) is 0 Å². The highest BCUT2D eigenvalue weighted by Crippen LogP contribution is 2.33. The Morgan fingerprint density at radius 2 is 2.00 bits per heavy atom. The zero-order valence-corrected chi connectivity index (χ0v) is 10.9. The summed E-state index contributed by atoms with van der Waals surface area (Å²) in [6, 6.07) is -0.507. The summed E-state index contributed by atoms with van der Waals surface area (Å²) in [5, 5.41) is 7.38. The van der Waals surface area contributed by atoms with Crippen LogP contribution in [0.2, 0.25) is 0 Å². The Labute approximate surface area is 97.4 Å². The number of hydrogen-bond acceptors (Lipinski definition) is 3. The van der Waals surface area contributed by atoms with Gasteiger partial charge in [0, 0.05) is 0 Å². The lowest BCUT2D eigenvalue weighted by molar-refractivity contribution is 0.455. The highest BCUT2D eigenvalue weighted by atomic mass is 32.2. The van der Waals surface area contributed by atoms with Gasteiger partial charge in [0.25, 0.3) is 0 Å². The topological polar surface area (TPSA) is 96.0 Å². The van der Waals surface area contributed by atoms with Crippen molar-refractivity contribution in [3.05, 3.63) is 0 Å². The quantitative estimate of drug-likeness (QED) is 0.492. The van der Waals surface area contributed by atoms with Gasteiger partial charge in [0.15, 0.2) is 0 Å². The summed E-state index contributed by atoms with van der Waals surface area (Å²) in [7, 11) is -3.36. The second kappa shape index (κ2) is 4.33. The van der Waals surface area contributed by atoms with Gasteiger partial charge >= 0.3 is 0 Å². The zero-order chi connectivity index (χ0) is 12.6. The predicted molar refractivity (Wildman–Crippen MR) is 64.8 cm³/mol. The molecule has 0 aromatic carbocycles. The first kappa shape index (κ1) is 13.4. The maximum Gasteiger partial charge on any atom is 0.212 e. The van der Waals surface area contributed by atoms with Crippen molar-refractivity contribution in [2.24, 2.45) is 17.1 Å². The minimum absolute atomic E-state index is 0.0521. The first-order chi connectivity index (χ1) is 7.11. The average Bonchev–Trinajstić information content (AvgIpc) is 2.76. The van der Waals surface area contributed by atoms with Crippen LogP contribution in [0.25, 0.3) is 0 Å². The van der Waals surface area contributed by atoms with E-state index < -0.39 is 16.1 Å². The smallest absolute Gasteiger partial charge is 0.212 e. The van der Waals surface area contributed by atoms with Gasteiger partial charge in [-0.25, -0.2) is 13.1 Å². The van der Waals surface area contributed by atoms with Gasteiger partial charge in [0.1, 0.15) is 5.84 Å². The molecule has 1 saturated carbocycles. The van der Waals surface area contributed by atoms with Crippen molar-refractivity contribution in [3.8, 4) is 0 Å². The lowest BCUT2D eigenvalue weighted by atomic mass is 10.0. The molecule has 0 heterocycles. The van der Waals surface area contributed by atoms with E-state index in [2.05, 4.69) is 4.72 Å². The van der Waals surface area contributed by atoms with Crippen LogP contribution < -0.4 is 10.5 Å². The maximum atomic E-state index is 11.8. The number of rotatable bonds is 5. The Kier molecular flexibility index (Phi) is 3.64. The summed E-state index contributed by atoms with van der Waals surface area (Å²) in [6.45, 7) is 5.60. The third-order valence-corrected chi connectivity index (χ3v) is 4.22. The molecule has 16 heavy (non-hydrogen) atoms. The molecule has 0 aromatic rings. The monoisotopic (exact) mass is 247 g/mol. The SMILES string of the molecule is CC(C)(C)CS(=O)(=O)NC(C(=N)N)C1CC1. The normalized spacial score (nSPS) is 19.4. The van der Waals surface area contributed by atoms with E-state index in [-0.39, 0.29) is 22.9 Å². The van der Waals surface area contributed by atoms with Gasteiger partial charge in [-0.1, -0.05) is 20.8 Å². The molecule has 94 valence electrons. The predicted octanol–water partition coefficient (Wildman–Crippen LogP) is 0.666. The number of amidine groups is 1. The van der Waals surface area contributed by atoms with E-state index in [1.54, 1.807) is 0 Å². The van der Waals surface area contributed by atoms with Crippen molar-refractivity contribution >= 4 is 15.9 Å². The number of nitrogens with one attached hydrogen (secondary N) is 2. The largest absolute Gasteiger partial charge is 0.386 e. The van der Waals surface area contributed by atoms with Crippen LogP contribution in [0.4, 0.5) is 0 Å². The third kappa shape index (κ3) is 4.49. The first-order valence-corrected chi connectivity index (χ1v) is 7.10. The fourth-order valence-corrected chi connectivity index (χ4v) is 3.58. The van der Waals surface area contributed by atoms with Crippen LogP contribution in [-0.2, 0) is 10.0 Å². The molecule has 6 heteroatoms. The van der Waals surface area contributed by atoms with E-state index in [1.165, 1.54) is 0 Å². The summed E-state index contributed by atoms with van der Waals surface area (Å²) >= 11 is 0. The lowest BCUT2D eigenvalue weighted by Crippen LogP contribution is -2.47. The van der Waals surface area contributed by atoms with E-state index in [0.717, 1.165) is 12.8 Å². The molecule has 1 aliphatic carbocycles. The van der Waals surface area contributed by atoms with Gasteiger partial charge in [0.2, 0.25) is 10.0 Å². The highest BCUT2D eigenvalue weighted by molar-refractivity contribution is 7.89. The first-order valence-electron chi connectivity index (χ1n) is 5.45. The third-order valence-electron chi connectivity index (χ3n) is 2.36. The van der Waals surface area contributed by atoms with Crippen molar-refractivity contribution in [3.63, 3.8) is 0 Å². The molecule has 0 aliphatic heterocycles. The highest BCUT2D eigenvalue weighted by Gasteiger charge is 2.36. The summed E-state index contributed by atoms with van der Waals surface area (Å²) in [6.07, 6.45) is 1.89. The molecule has 0 radical (unpaired) electrons. The van der Waals surface area contributed by atoms with E-state index in [4.69, 9.17) is 11.1 Å². The average molecular weight is 247 g/mol. The Morgan fingerprint density at radius 1 is 1.50 bits per heavy atom. The summed E-state index contributed by atoms with van der Waals surface area (Å²) in [5.41, 5.74) is 5.11. The van der Waals surface area contributed by atoms with Gasteiger partial charge in [0.05, 0.1) is 11.8 Å². The van der Waals surface area contributed by atoms with Crippen molar-refractivity contribution in [2.75, 3.05) is 5.75 Å². The van der Waals surface area contributed by atoms with E-state index in [1.807, 2.05) is 20.8 Å². The van der Waals surface area contributed by atoms with Crippen molar-refractivity contribution < 1.29 is 8.42 Å². The lowest BCUT2D eigenvalue weighted by Gasteiger charge is -2.22. The fourth-order valence-electron chi connectivity index (χ4n) is 1.65. The molecule has 1 atom stereocenters. The maximum absolute atomic E-state index is 11.8. The van der Waals surface area contributed by atoms with Crippen molar-refractivity contribution in [1.29, 1.82) is 5.41 Å². The van der Waals surface area contributed by atoms with Gasteiger partial charge in [-0.3, -0.25) is 5.41 Å². The molecule has 0 aromatic heterocycles. The Morgan fingerprint density at radius 3 is 2.31 bits per heavy atom. The molecule has 5 nitrogen and oxygen atoms in total. The molecule has 0 spiro atoms. The Balaban J connectivity index is 2.66. The molecule has 4 N–H and O–H groups in total. The van der Waals surface area contributed by atoms with Crippen molar-refractivity contribution in [2.45, 2.75) is 39.7 Å². The van der Waals surface area contributed by atoms with Crippen LogP contribution in [0.3, 0.4) is 0 Å². The second-order valence-corrected chi connectivity index (χ2v) is 7.46. The van der Waals surface area contributed by atoms with Gasteiger partial charge in [-0.05, 0) is 24.2 Å². The number of nitrogens with two attached hydrogens (primary N) is 1. The number of sulfonamides is 1. The van der Waals surface area contributed by atoms with E-state index in [9.17, 15) is 8.42 Å². The summed E-state index contributed by atoms with van der Waals surface area (Å²) in [5.74, 6) is 0.184. The number of hydrogen-bond donors (Lipinski definition) is 3. The minimum atomic E-state index is -3.36. The molecule has 0 amide bonds. The van der Waals surface area contributed by atoms with Gasteiger partial charge in [-0.2, -0.15) is 0 Å². The Bertz CT molecular complexity index is 366. The Hall–Kier alpha value is -0.620. The van der Waals surface area contributed by atoms with E-state index >= 15 is 0 Å². The van der Waals surface area contributed by atoms with Crippen LogP contribution in [-0.4, -0.2) is 26.0 Å². The molecule has 1 aliphatic rings. The van der Waals surface area contributed by atoms with Crippen LogP contribution >= 0.6 is 0 Å². The van der Waals surface area contributed by atoms with Crippen molar-refractivity contribution in [1.82, 2.24) is 4.72 Å². The molecule has 0 saturated heterocycles. The molecule has 1 rings (SSSR count). The molecular formula is C10H21N3O2S. The van der Waals surface area contributed by atoms with Gasteiger partial charge < -0.3 is 5.73 Å². The standard InChI is InChI=1S/C10H21N3O2S/c1-10(2,3)6-16(14,15)13-8(9(11)12)7-4-5-7/h7-8,13H,4-6H2,1-3H3,(H3,11,12). The van der Waals surface area contributed by atoms with Crippen LogP contribution in [0.5, 0.6) is 0 Å². The molecule has 1 fully saturated rings. The zero-order valence-electron chi connectivity index (χ0n) is 10.1. The summed E-state index contributed by atoms with van der Waals surface area (Å²) < 4.78 is 26.2. The molecular weight excluding hydrogens is 226 g/mol. The fraction of sp³-hybridized carbons (Fsp3) is 0.900.